The molecule has 132 valence electrons. The highest BCUT2D eigenvalue weighted by molar-refractivity contribution is 7.80. The van der Waals surface area contributed by atoms with Crippen LogP contribution in [0.2, 0.25) is 0 Å². The van der Waals surface area contributed by atoms with Gasteiger partial charge >= 0.3 is 0 Å². The number of aromatic nitrogens is 1. The number of pyridine rings is 1. The SMILES string of the molecule is Cc1ccccc1NC(=S)N(CCc1ccncc1)C1CCCCC1. The highest BCUT2D eigenvalue weighted by Gasteiger charge is 2.23. The van der Waals surface area contributed by atoms with Crippen molar-refractivity contribution in [2.75, 3.05) is 11.9 Å². The Hall–Kier alpha value is -1.94. The Labute approximate surface area is 156 Å². The van der Waals surface area contributed by atoms with E-state index in [4.69, 9.17) is 12.2 Å². The van der Waals surface area contributed by atoms with E-state index in [9.17, 15) is 0 Å². The molecule has 4 heteroatoms. The van der Waals surface area contributed by atoms with Crippen molar-refractivity contribution in [2.24, 2.45) is 0 Å². The van der Waals surface area contributed by atoms with Gasteiger partial charge in [0, 0.05) is 30.7 Å². The number of nitrogens with zero attached hydrogens (tertiary/aromatic N) is 2. The molecule has 0 unspecified atom stereocenters. The molecule has 0 spiro atoms. The maximum Gasteiger partial charge on any atom is 0.173 e. The zero-order chi connectivity index (χ0) is 17.5. The number of para-hydroxylation sites is 1. The molecule has 3 rings (SSSR count). The van der Waals surface area contributed by atoms with E-state index in [1.165, 1.54) is 43.2 Å². The maximum atomic E-state index is 5.82. The molecule has 1 aromatic carbocycles. The number of aryl methyl sites for hydroxylation is 1. The van der Waals surface area contributed by atoms with E-state index in [2.05, 4.69) is 58.5 Å². The van der Waals surface area contributed by atoms with E-state index in [0.717, 1.165) is 23.8 Å². The molecule has 1 N–H and O–H groups in total. The molecule has 25 heavy (non-hydrogen) atoms. The third-order valence-electron chi connectivity index (χ3n) is 5.05. The molecule has 3 nitrogen and oxygen atoms in total. The number of anilines is 1. The first-order chi connectivity index (χ1) is 12.2. The molecule has 0 saturated heterocycles. The van der Waals surface area contributed by atoms with Crippen LogP contribution in [-0.2, 0) is 6.42 Å². The van der Waals surface area contributed by atoms with Gasteiger partial charge in [0.2, 0.25) is 0 Å². The third-order valence-corrected chi connectivity index (χ3v) is 5.39. The first kappa shape index (κ1) is 17.9. The second-order valence-corrected chi connectivity index (χ2v) is 7.22. The zero-order valence-corrected chi connectivity index (χ0v) is 15.8. The van der Waals surface area contributed by atoms with Crippen molar-refractivity contribution < 1.29 is 0 Å². The summed E-state index contributed by atoms with van der Waals surface area (Å²) in [6.45, 7) is 3.07. The average Bonchev–Trinajstić information content (AvgIpc) is 2.65. The van der Waals surface area contributed by atoms with Crippen LogP contribution in [0.3, 0.4) is 0 Å². The summed E-state index contributed by atoms with van der Waals surface area (Å²) in [5.41, 5.74) is 3.65. The zero-order valence-electron chi connectivity index (χ0n) is 14.9. The van der Waals surface area contributed by atoms with Gasteiger partial charge in [0.15, 0.2) is 5.11 Å². The number of rotatable bonds is 5. The lowest BCUT2D eigenvalue weighted by Gasteiger charge is -2.36. The summed E-state index contributed by atoms with van der Waals surface area (Å²) in [5.74, 6) is 0. The minimum atomic E-state index is 0.555. The third kappa shape index (κ3) is 5.02. The standard InChI is InChI=1S/C21H27N3S/c1-17-7-5-6-10-20(17)23-21(25)24(19-8-3-2-4-9-19)16-13-18-11-14-22-15-12-18/h5-7,10-12,14-15,19H,2-4,8-9,13,16H2,1H3,(H,23,25). The van der Waals surface area contributed by atoms with E-state index in [-0.39, 0.29) is 0 Å². The predicted octanol–water partition coefficient (Wildman–Crippen LogP) is 4.96. The Morgan fingerprint density at radius 1 is 1.12 bits per heavy atom. The molecule has 0 radical (unpaired) electrons. The van der Waals surface area contributed by atoms with Crippen LogP contribution in [0.1, 0.15) is 43.2 Å². The second kappa shape index (κ2) is 8.95. The van der Waals surface area contributed by atoms with Crippen molar-refractivity contribution in [2.45, 2.75) is 51.5 Å². The first-order valence-corrected chi connectivity index (χ1v) is 9.67. The fourth-order valence-corrected chi connectivity index (χ4v) is 3.89. The normalized spacial score (nSPS) is 14.9. The van der Waals surface area contributed by atoms with E-state index < -0.39 is 0 Å². The van der Waals surface area contributed by atoms with Crippen LogP contribution in [0, 0.1) is 6.92 Å². The van der Waals surface area contributed by atoms with Gasteiger partial charge in [-0.3, -0.25) is 4.98 Å². The van der Waals surface area contributed by atoms with Crippen LogP contribution >= 0.6 is 12.2 Å². The smallest absolute Gasteiger partial charge is 0.173 e. The maximum absolute atomic E-state index is 5.82. The molecule has 0 aliphatic heterocycles. The van der Waals surface area contributed by atoms with Gasteiger partial charge in [-0.25, -0.2) is 0 Å². The van der Waals surface area contributed by atoms with Crippen molar-refractivity contribution in [1.29, 1.82) is 0 Å². The van der Waals surface area contributed by atoms with Gasteiger partial charge in [-0.05, 0) is 67.7 Å². The van der Waals surface area contributed by atoms with Gasteiger partial charge in [0.1, 0.15) is 0 Å². The van der Waals surface area contributed by atoms with E-state index in [0.29, 0.717) is 6.04 Å². The Balaban J connectivity index is 1.70. The minimum absolute atomic E-state index is 0.555. The highest BCUT2D eigenvalue weighted by Crippen LogP contribution is 2.24. The number of nitrogens with one attached hydrogen (secondary N) is 1. The molecular weight excluding hydrogens is 326 g/mol. The largest absolute Gasteiger partial charge is 0.346 e. The van der Waals surface area contributed by atoms with Crippen molar-refractivity contribution in [3.8, 4) is 0 Å². The van der Waals surface area contributed by atoms with Crippen LogP contribution in [0.5, 0.6) is 0 Å². The van der Waals surface area contributed by atoms with Gasteiger partial charge in [0.25, 0.3) is 0 Å². The summed E-state index contributed by atoms with van der Waals surface area (Å²) in [6, 6.07) is 13.1. The predicted molar refractivity (Wildman–Crippen MR) is 109 cm³/mol. The first-order valence-electron chi connectivity index (χ1n) is 9.26. The van der Waals surface area contributed by atoms with Crippen molar-refractivity contribution in [1.82, 2.24) is 9.88 Å². The van der Waals surface area contributed by atoms with E-state index >= 15 is 0 Å². The van der Waals surface area contributed by atoms with Gasteiger partial charge < -0.3 is 10.2 Å². The Kier molecular flexibility index (Phi) is 6.40. The summed E-state index contributed by atoms with van der Waals surface area (Å²) in [5, 5.41) is 4.35. The monoisotopic (exact) mass is 353 g/mol. The molecule has 1 fully saturated rings. The molecule has 1 aromatic heterocycles. The van der Waals surface area contributed by atoms with E-state index in [1.807, 2.05) is 12.4 Å². The number of hydrogen-bond donors (Lipinski definition) is 1. The quantitative estimate of drug-likeness (QED) is 0.769. The van der Waals surface area contributed by atoms with E-state index in [1.54, 1.807) is 0 Å². The number of hydrogen-bond acceptors (Lipinski definition) is 2. The molecular formula is C21H27N3S. The van der Waals surface area contributed by atoms with Crippen LogP contribution in [0.25, 0.3) is 0 Å². The lowest BCUT2D eigenvalue weighted by molar-refractivity contribution is 0.248. The lowest BCUT2D eigenvalue weighted by atomic mass is 9.94. The molecule has 1 aliphatic carbocycles. The second-order valence-electron chi connectivity index (χ2n) is 6.84. The number of benzene rings is 1. The van der Waals surface area contributed by atoms with Gasteiger partial charge in [0.05, 0.1) is 0 Å². The molecule has 2 aromatic rings. The van der Waals surface area contributed by atoms with Crippen LogP contribution in [0.4, 0.5) is 5.69 Å². The summed E-state index contributed by atoms with van der Waals surface area (Å²) >= 11 is 5.82. The summed E-state index contributed by atoms with van der Waals surface area (Å²) < 4.78 is 0. The van der Waals surface area contributed by atoms with Crippen molar-refractivity contribution in [3.63, 3.8) is 0 Å². The molecule has 0 atom stereocenters. The molecule has 1 saturated carbocycles. The van der Waals surface area contributed by atoms with Crippen LogP contribution < -0.4 is 5.32 Å². The topological polar surface area (TPSA) is 28.2 Å². The fraction of sp³-hybridized carbons (Fsp3) is 0.429. The van der Waals surface area contributed by atoms with Crippen LogP contribution in [-0.4, -0.2) is 27.6 Å². The molecule has 1 heterocycles. The van der Waals surface area contributed by atoms with Crippen LogP contribution in [0.15, 0.2) is 48.8 Å². The van der Waals surface area contributed by atoms with Gasteiger partial charge in [-0.15, -0.1) is 0 Å². The summed E-state index contributed by atoms with van der Waals surface area (Å²) in [7, 11) is 0. The van der Waals surface area contributed by atoms with Gasteiger partial charge in [-0.1, -0.05) is 37.5 Å². The summed E-state index contributed by atoms with van der Waals surface area (Å²) in [6.07, 6.45) is 11.2. The average molecular weight is 354 g/mol. The minimum Gasteiger partial charge on any atom is -0.346 e. The molecule has 0 bridgehead atoms. The van der Waals surface area contributed by atoms with Gasteiger partial charge in [-0.2, -0.15) is 0 Å². The van der Waals surface area contributed by atoms with Crippen molar-refractivity contribution >= 4 is 23.0 Å². The molecule has 1 aliphatic rings. The molecule has 0 amide bonds. The Bertz CT molecular complexity index is 681. The Morgan fingerprint density at radius 3 is 2.56 bits per heavy atom. The lowest BCUT2D eigenvalue weighted by Crippen LogP contribution is -2.44. The Morgan fingerprint density at radius 2 is 1.84 bits per heavy atom. The fourth-order valence-electron chi connectivity index (χ4n) is 3.54. The number of thiocarbonyl (C=S) groups is 1. The summed E-state index contributed by atoms with van der Waals surface area (Å²) in [4.78, 5) is 6.53. The van der Waals surface area contributed by atoms with Crippen molar-refractivity contribution in [3.05, 3.63) is 59.9 Å². The highest BCUT2D eigenvalue weighted by atomic mass is 32.1.